The van der Waals surface area contributed by atoms with Crippen LogP contribution in [0.4, 0.5) is 4.39 Å². The molecule has 2 aromatic rings. The van der Waals surface area contributed by atoms with Gasteiger partial charge < -0.3 is 15.2 Å². The van der Waals surface area contributed by atoms with Crippen LogP contribution in [0, 0.1) is 5.82 Å². The van der Waals surface area contributed by atoms with E-state index < -0.39 is 33.9 Å². The molecule has 1 aliphatic rings. The van der Waals surface area contributed by atoms with E-state index in [-0.39, 0.29) is 29.7 Å². The molecule has 1 saturated heterocycles. The van der Waals surface area contributed by atoms with Crippen LogP contribution in [-0.4, -0.2) is 50.8 Å². The summed E-state index contributed by atoms with van der Waals surface area (Å²) >= 11 is 5.78. The maximum absolute atomic E-state index is 13.3. The highest BCUT2D eigenvalue weighted by molar-refractivity contribution is 7.89. The van der Waals surface area contributed by atoms with E-state index in [1.165, 1.54) is 42.5 Å². The zero-order valence-electron chi connectivity index (χ0n) is 16.6. The zero-order chi connectivity index (χ0) is 22.4. The first-order valence-corrected chi connectivity index (χ1v) is 11.7. The summed E-state index contributed by atoms with van der Waals surface area (Å²) in [4.78, 5) is 12.5. The molecule has 3 N–H and O–H groups in total. The van der Waals surface area contributed by atoms with Gasteiger partial charge in [-0.2, -0.15) is 0 Å². The standard InChI is InChI=1S/C21H24ClFN2O5S/c22-15-4-7-18(8-5-15)31(28,29)24-11-10-17-6-9-19(20(13-26)30-17)25-21(27)14-2-1-3-16(23)12-14/h1-5,7-8,12,17,19-20,24,26H,6,9-11,13H2,(H,25,27)/t17-,19+,20+/m0/s1. The lowest BCUT2D eigenvalue weighted by molar-refractivity contribution is -0.0891. The minimum Gasteiger partial charge on any atom is -0.394 e. The second kappa shape index (κ2) is 10.5. The van der Waals surface area contributed by atoms with Crippen molar-refractivity contribution in [1.29, 1.82) is 0 Å². The molecule has 0 aliphatic carbocycles. The fourth-order valence-corrected chi connectivity index (χ4v) is 4.62. The summed E-state index contributed by atoms with van der Waals surface area (Å²) in [5, 5.41) is 12.9. The highest BCUT2D eigenvalue weighted by Gasteiger charge is 2.32. The van der Waals surface area contributed by atoms with Crippen molar-refractivity contribution in [1.82, 2.24) is 10.0 Å². The minimum absolute atomic E-state index is 0.120. The number of carbonyl (C=O) groups excluding carboxylic acids is 1. The van der Waals surface area contributed by atoms with Crippen molar-refractivity contribution in [3.05, 3.63) is 64.9 Å². The monoisotopic (exact) mass is 470 g/mol. The molecule has 10 heteroatoms. The van der Waals surface area contributed by atoms with Crippen molar-refractivity contribution in [2.24, 2.45) is 0 Å². The summed E-state index contributed by atoms with van der Waals surface area (Å²) in [5.41, 5.74) is 0.190. The van der Waals surface area contributed by atoms with Crippen LogP contribution >= 0.6 is 11.6 Å². The van der Waals surface area contributed by atoms with E-state index in [9.17, 15) is 22.7 Å². The van der Waals surface area contributed by atoms with Crippen molar-refractivity contribution < 1.29 is 27.4 Å². The van der Waals surface area contributed by atoms with Gasteiger partial charge in [-0.05, 0) is 61.7 Å². The van der Waals surface area contributed by atoms with Gasteiger partial charge in [0, 0.05) is 17.1 Å². The second-order valence-corrected chi connectivity index (χ2v) is 9.49. The van der Waals surface area contributed by atoms with Gasteiger partial charge in [0.2, 0.25) is 10.0 Å². The van der Waals surface area contributed by atoms with Gasteiger partial charge in [0.15, 0.2) is 0 Å². The molecule has 3 atom stereocenters. The summed E-state index contributed by atoms with van der Waals surface area (Å²) < 4.78 is 46.4. The molecular weight excluding hydrogens is 447 g/mol. The zero-order valence-corrected chi connectivity index (χ0v) is 18.2. The fourth-order valence-electron chi connectivity index (χ4n) is 3.44. The number of amides is 1. The van der Waals surface area contributed by atoms with Gasteiger partial charge in [0.05, 0.1) is 23.6 Å². The first-order chi connectivity index (χ1) is 14.8. The highest BCUT2D eigenvalue weighted by atomic mass is 35.5. The molecule has 7 nitrogen and oxygen atoms in total. The van der Waals surface area contributed by atoms with Gasteiger partial charge in [-0.3, -0.25) is 4.79 Å². The van der Waals surface area contributed by atoms with Crippen LogP contribution in [0.15, 0.2) is 53.4 Å². The Bertz CT molecular complexity index is 1000. The molecule has 0 bridgehead atoms. The predicted octanol–water partition coefficient (Wildman–Crippen LogP) is 2.49. The van der Waals surface area contributed by atoms with E-state index in [1.807, 2.05) is 0 Å². The van der Waals surface area contributed by atoms with Gasteiger partial charge in [0.25, 0.3) is 5.91 Å². The number of aliphatic hydroxyl groups is 1. The number of hydrogen-bond donors (Lipinski definition) is 3. The number of halogens is 2. The first-order valence-electron chi connectivity index (χ1n) is 9.86. The average molecular weight is 471 g/mol. The summed E-state index contributed by atoms with van der Waals surface area (Å²) in [6.45, 7) is -0.144. The molecule has 31 heavy (non-hydrogen) atoms. The van der Waals surface area contributed by atoms with E-state index >= 15 is 0 Å². The van der Waals surface area contributed by atoms with Gasteiger partial charge in [-0.25, -0.2) is 17.5 Å². The van der Waals surface area contributed by atoms with Crippen LogP contribution in [-0.2, 0) is 14.8 Å². The lowest BCUT2D eigenvalue weighted by Crippen LogP contribution is -2.51. The third kappa shape index (κ3) is 6.47. The number of sulfonamides is 1. The molecule has 0 unspecified atom stereocenters. The van der Waals surface area contributed by atoms with Crippen LogP contribution in [0.25, 0.3) is 0 Å². The number of benzene rings is 2. The molecule has 1 amide bonds. The van der Waals surface area contributed by atoms with E-state index in [0.717, 1.165) is 6.07 Å². The number of ether oxygens (including phenoxy) is 1. The maximum Gasteiger partial charge on any atom is 0.251 e. The van der Waals surface area contributed by atoms with Gasteiger partial charge in [-0.15, -0.1) is 0 Å². The Hall–Kier alpha value is -2.04. The SMILES string of the molecule is O=C(N[C@@H]1CC[C@@H](CCNS(=O)(=O)c2ccc(Cl)cc2)O[C@@H]1CO)c1cccc(F)c1. The maximum atomic E-state index is 13.3. The number of carbonyl (C=O) groups is 1. The molecule has 1 aliphatic heterocycles. The number of rotatable bonds is 8. The number of aliphatic hydroxyl groups excluding tert-OH is 1. The second-order valence-electron chi connectivity index (χ2n) is 7.29. The summed E-state index contributed by atoms with van der Waals surface area (Å²) in [6.07, 6.45) is 0.624. The van der Waals surface area contributed by atoms with Crippen LogP contribution in [0.3, 0.4) is 0 Å². The first kappa shape index (κ1) is 23.6. The lowest BCUT2D eigenvalue weighted by Gasteiger charge is -2.36. The van der Waals surface area contributed by atoms with E-state index in [1.54, 1.807) is 0 Å². The van der Waals surface area contributed by atoms with Crippen molar-refractivity contribution in [3.8, 4) is 0 Å². The molecule has 1 fully saturated rings. The van der Waals surface area contributed by atoms with Crippen LogP contribution in [0.2, 0.25) is 5.02 Å². The van der Waals surface area contributed by atoms with Gasteiger partial charge >= 0.3 is 0 Å². The van der Waals surface area contributed by atoms with Crippen molar-refractivity contribution >= 4 is 27.5 Å². The fraction of sp³-hybridized carbons (Fsp3) is 0.381. The van der Waals surface area contributed by atoms with Crippen molar-refractivity contribution in [2.75, 3.05) is 13.2 Å². The molecule has 2 aromatic carbocycles. The Kier molecular flexibility index (Phi) is 8.01. The molecule has 1 heterocycles. The Morgan fingerprint density at radius 1 is 1.19 bits per heavy atom. The molecule has 0 saturated carbocycles. The summed E-state index contributed by atoms with van der Waals surface area (Å²) in [5.74, 6) is -0.951. The van der Waals surface area contributed by atoms with Gasteiger partial charge in [0.1, 0.15) is 11.9 Å². The topological polar surface area (TPSA) is 105 Å². The smallest absolute Gasteiger partial charge is 0.251 e. The van der Waals surface area contributed by atoms with E-state index in [0.29, 0.717) is 24.3 Å². The van der Waals surface area contributed by atoms with E-state index in [2.05, 4.69) is 10.0 Å². The lowest BCUT2D eigenvalue weighted by atomic mass is 9.97. The van der Waals surface area contributed by atoms with E-state index in [4.69, 9.17) is 16.3 Å². The quantitative estimate of drug-likeness (QED) is 0.549. The highest BCUT2D eigenvalue weighted by Crippen LogP contribution is 2.22. The number of hydrogen-bond acceptors (Lipinski definition) is 5. The molecule has 0 radical (unpaired) electrons. The molecule has 3 rings (SSSR count). The van der Waals surface area contributed by atoms with Crippen molar-refractivity contribution in [2.45, 2.75) is 42.4 Å². The Morgan fingerprint density at radius 3 is 2.61 bits per heavy atom. The Balaban J connectivity index is 1.50. The molecular formula is C21H24ClFN2O5S. The Morgan fingerprint density at radius 2 is 1.94 bits per heavy atom. The molecule has 0 aromatic heterocycles. The summed E-state index contributed by atoms with van der Waals surface area (Å²) in [7, 11) is -3.66. The van der Waals surface area contributed by atoms with Gasteiger partial charge in [-0.1, -0.05) is 17.7 Å². The van der Waals surface area contributed by atoms with Crippen molar-refractivity contribution in [3.63, 3.8) is 0 Å². The Labute approximate surface area is 185 Å². The third-order valence-electron chi connectivity index (χ3n) is 5.08. The molecule has 0 spiro atoms. The largest absolute Gasteiger partial charge is 0.394 e. The van der Waals surface area contributed by atoms with Crippen LogP contribution < -0.4 is 10.0 Å². The third-order valence-corrected chi connectivity index (χ3v) is 6.81. The van der Waals surface area contributed by atoms with Crippen LogP contribution in [0.5, 0.6) is 0 Å². The summed E-state index contributed by atoms with van der Waals surface area (Å²) in [6, 6.07) is 10.8. The minimum atomic E-state index is -3.66. The van der Waals surface area contributed by atoms with Crippen LogP contribution in [0.1, 0.15) is 29.6 Å². The molecule has 168 valence electrons. The predicted molar refractivity (Wildman–Crippen MR) is 114 cm³/mol. The average Bonchev–Trinajstić information content (AvgIpc) is 2.74. The normalized spacial score (nSPS) is 21.6. The number of nitrogens with one attached hydrogen (secondary N) is 2.